The maximum Gasteiger partial charge on any atom is 0.228 e. The van der Waals surface area contributed by atoms with Crippen molar-refractivity contribution in [2.45, 2.75) is 25.7 Å². The fourth-order valence-electron chi connectivity index (χ4n) is 4.40. The molecular weight excluding hydrogens is 472 g/mol. The average Bonchev–Trinajstić information content (AvgIpc) is 3.37. The van der Waals surface area contributed by atoms with Crippen LogP contribution >= 0.6 is 15.9 Å². The van der Waals surface area contributed by atoms with Gasteiger partial charge in [-0.05, 0) is 59.3 Å². The zero-order valence-electron chi connectivity index (χ0n) is 18.0. The summed E-state index contributed by atoms with van der Waals surface area (Å²) in [6.45, 7) is 3.69. The fourth-order valence-corrected chi connectivity index (χ4v) is 4.63. The van der Waals surface area contributed by atoms with Gasteiger partial charge in [-0.2, -0.15) is 0 Å². The summed E-state index contributed by atoms with van der Waals surface area (Å²) in [5.41, 5.74) is 3.10. The molecule has 0 spiro atoms. The van der Waals surface area contributed by atoms with Gasteiger partial charge in [0.05, 0.1) is 28.4 Å². The van der Waals surface area contributed by atoms with Crippen molar-refractivity contribution in [3.05, 3.63) is 51.8 Å². The number of nitrogens with zero attached hydrogens (tertiary/aromatic N) is 2. The summed E-state index contributed by atoms with van der Waals surface area (Å²) in [4.78, 5) is 19.3. The van der Waals surface area contributed by atoms with Gasteiger partial charge in [0.1, 0.15) is 5.75 Å². The third kappa shape index (κ3) is 5.30. The first-order chi connectivity index (χ1) is 15.5. The summed E-state index contributed by atoms with van der Waals surface area (Å²) in [5, 5.41) is 21.4. The van der Waals surface area contributed by atoms with Gasteiger partial charge in [-0.3, -0.25) is 9.79 Å². The number of phenolic OH excluding ortho intramolecular Hbond substituents is 1. The SMILES string of the molecule is N=C/C(Br)=C1\CC(NCC2CCN(C(=O)C3CCOC3)CC2)=CC(c2ccccc2O)=N1. The first kappa shape index (κ1) is 22.7. The molecule has 1 unspecified atom stereocenters. The second kappa shape index (κ2) is 10.4. The van der Waals surface area contributed by atoms with Gasteiger partial charge in [0, 0.05) is 50.1 Å². The number of phenols is 1. The predicted molar refractivity (Wildman–Crippen MR) is 128 cm³/mol. The Morgan fingerprint density at radius 1 is 1.31 bits per heavy atom. The van der Waals surface area contributed by atoms with Crippen LogP contribution in [0.1, 0.15) is 31.2 Å². The third-order valence-corrected chi connectivity index (χ3v) is 7.02. The Balaban J connectivity index is 1.38. The Bertz CT molecular complexity index is 958. The molecule has 0 aromatic heterocycles. The van der Waals surface area contributed by atoms with Crippen LogP contribution in [0.3, 0.4) is 0 Å². The highest BCUT2D eigenvalue weighted by Crippen LogP contribution is 2.28. The molecule has 4 rings (SSSR count). The molecule has 0 saturated carbocycles. The number of hydrogen-bond donors (Lipinski definition) is 3. The number of carbonyl (C=O) groups excluding carboxylic acids is 1. The van der Waals surface area contributed by atoms with Crippen molar-refractivity contribution in [2.24, 2.45) is 16.8 Å². The van der Waals surface area contributed by atoms with Crippen LogP contribution in [0.15, 0.2) is 51.2 Å². The molecule has 3 aliphatic rings. The molecule has 2 saturated heterocycles. The van der Waals surface area contributed by atoms with E-state index in [9.17, 15) is 9.90 Å². The molecule has 7 nitrogen and oxygen atoms in total. The van der Waals surface area contributed by atoms with Crippen molar-refractivity contribution in [1.82, 2.24) is 10.2 Å². The summed E-state index contributed by atoms with van der Waals surface area (Å²) >= 11 is 3.43. The van der Waals surface area contributed by atoms with E-state index in [-0.39, 0.29) is 17.6 Å². The lowest BCUT2D eigenvalue weighted by atomic mass is 9.95. The lowest BCUT2D eigenvalue weighted by Gasteiger charge is -2.34. The van der Waals surface area contributed by atoms with Crippen molar-refractivity contribution < 1.29 is 14.6 Å². The molecule has 3 heterocycles. The number of likely N-dealkylation sites (tertiary alicyclic amines) is 1. The minimum atomic E-state index is 0.0432. The van der Waals surface area contributed by atoms with Gasteiger partial charge in [0.15, 0.2) is 0 Å². The molecule has 32 heavy (non-hydrogen) atoms. The van der Waals surface area contributed by atoms with Crippen LogP contribution in [-0.4, -0.2) is 60.7 Å². The van der Waals surface area contributed by atoms with Gasteiger partial charge < -0.3 is 25.5 Å². The third-order valence-electron chi connectivity index (χ3n) is 6.33. The number of rotatable bonds is 6. The van der Waals surface area contributed by atoms with Crippen molar-refractivity contribution in [2.75, 3.05) is 32.8 Å². The van der Waals surface area contributed by atoms with Crippen LogP contribution in [0.4, 0.5) is 0 Å². The van der Waals surface area contributed by atoms with E-state index in [1.807, 2.05) is 23.1 Å². The summed E-state index contributed by atoms with van der Waals surface area (Å²) in [7, 11) is 0. The standard InChI is InChI=1S/C24H29BrN4O3/c25-20(13-26)22-12-18(11-21(28-22)19-3-1-2-4-23(19)30)27-14-16-5-8-29(9-6-16)24(31)17-7-10-32-15-17/h1-4,11,13,16-17,26-27,30H,5-10,12,14-15H2/b22-20-,26-13?. The van der Waals surface area contributed by atoms with Crippen LogP contribution < -0.4 is 5.32 Å². The second-order valence-corrected chi connectivity index (χ2v) is 9.36. The van der Waals surface area contributed by atoms with Gasteiger partial charge in [0.25, 0.3) is 0 Å². The molecule has 3 aliphatic heterocycles. The molecule has 1 aromatic rings. The highest BCUT2D eigenvalue weighted by molar-refractivity contribution is 9.12. The quantitative estimate of drug-likeness (QED) is 0.519. The van der Waals surface area contributed by atoms with Crippen LogP contribution in [0.2, 0.25) is 0 Å². The minimum Gasteiger partial charge on any atom is -0.507 e. The van der Waals surface area contributed by atoms with Gasteiger partial charge in [-0.25, -0.2) is 0 Å². The zero-order chi connectivity index (χ0) is 22.5. The van der Waals surface area contributed by atoms with E-state index in [0.717, 1.165) is 50.3 Å². The number of nitrogens with one attached hydrogen (secondary N) is 2. The first-order valence-electron chi connectivity index (χ1n) is 11.1. The van der Waals surface area contributed by atoms with Crippen LogP contribution in [0.25, 0.3) is 0 Å². The number of para-hydroxylation sites is 1. The Morgan fingerprint density at radius 3 is 2.78 bits per heavy atom. The number of carbonyl (C=O) groups is 1. The molecule has 170 valence electrons. The van der Waals surface area contributed by atoms with Gasteiger partial charge in [-0.1, -0.05) is 12.1 Å². The van der Waals surface area contributed by atoms with Crippen molar-refractivity contribution in [1.29, 1.82) is 5.41 Å². The van der Waals surface area contributed by atoms with E-state index >= 15 is 0 Å². The van der Waals surface area contributed by atoms with Crippen molar-refractivity contribution in [3.8, 4) is 5.75 Å². The number of allylic oxidation sites excluding steroid dienone is 2. The summed E-state index contributed by atoms with van der Waals surface area (Å²) in [6.07, 6.45) is 6.61. The number of benzene rings is 1. The van der Waals surface area contributed by atoms with Gasteiger partial charge >= 0.3 is 0 Å². The maximum absolute atomic E-state index is 12.6. The molecular formula is C24H29BrN4O3. The molecule has 1 atom stereocenters. The first-order valence-corrected chi connectivity index (χ1v) is 11.9. The number of piperidine rings is 1. The van der Waals surface area contributed by atoms with Crippen LogP contribution in [-0.2, 0) is 9.53 Å². The normalized spacial score (nSPS) is 23.4. The predicted octanol–water partition coefficient (Wildman–Crippen LogP) is 3.59. The summed E-state index contributed by atoms with van der Waals surface area (Å²) in [6, 6.07) is 7.14. The number of dihydropyridines is 1. The Kier molecular flexibility index (Phi) is 7.42. The van der Waals surface area contributed by atoms with Crippen molar-refractivity contribution in [3.63, 3.8) is 0 Å². The molecule has 0 bridgehead atoms. The number of aromatic hydroxyl groups is 1. The summed E-state index contributed by atoms with van der Waals surface area (Å²) in [5.74, 6) is 0.963. The highest BCUT2D eigenvalue weighted by Gasteiger charge is 2.30. The largest absolute Gasteiger partial charge is 0.507 e. The number of halogens is 1. The average molecular weight is 501 g/mol. The molecule has 1 amide bonds. The Morgan fingerprint density at radius 2 is 2.09 bits per heavy atom. The topological polar surface area (TPSA) is 98.0 Å². The molecule has 3 N–H and O–H groups in total. The monoisotopic (exact) mass is 500 g/mol. The smallest absolute Gasteiger partial charge is 0.228 e. The van der Waals surface area contributed by atoms with Gasteiger partial charge in [0.2, 0.25) is 5.91 Å². The van der Waals surface area contributed by atoms with Crippen molar-refractivity contribution >= 4 is 33.8 Å². The Hall–Kier alpha value is -2.45. The highest BCUT2D eigenvalue weighted by atomic mass is 79.9. The van der Waals surface area contributed by atoms with Crippen LogP contribution in [0, 0.1) is 17.2 Å². The lowest BCUT2D eigenvalue weighted by molar-refractivity contribution is -0.136. The Labute approximate surface area is 196 Å². The molecule has 0 aliphatic carbocycles. The number of ether oxygens (including phenoxy) is 1. The summed E-state index contributed by atoms with van der Waals surface area (Å²) < 4.78 is 5.99. The second-order valence-electron chi connectivity index (χ2n) is 8.51. The van der Waals surface area contributed by atoms with Crippen LogP contribution in [0.5, 0.6) is 5.75 Å². The van der Waals surface area contributed by atoms with E-state index in [1.165, 1.54) is 6.21 Å². The number of amides is 1. The molecule has 1 aromatic carbocycles. The number of aliphatic imine (C=N–C) groups is 1. The van der Waals surface area contributed by atoms with E-state index in [2.05, 4.69) is 26.2 Å². The maximum atomic E-state index is 12.6. The molecule has 2 fully saturated rings. The molecule has 0 radical (unpaired) electrons. The van der Waals surface area contributed by atoms with E-state index in [1.54, 1.807) is 12.1 Å². The minimum absolute atomic E-state index is 0.0432. The van der Waals surface area contributed by atoms with E-state index in [4.69, 9.17) is 10.1 Å². The van der Waals surface area contributed by atoms with E-state index < -0.39 is 0 Å². The lowest BCUT2D eigenvalue weighted by Crippen LogP contribution is -2.43. The molecule has 8 heteroatoms. The zero-order valence-corrected chi connectivity index (χ0v) is 19.6. The van der Waals surface area contributed by atoms with E-state index in [0.29, 0.717) is 41.3 Å². The fraction of sp³-hybridized carbons (Fsp3) is 0.458. The van der Waals surface area contributed by atoms with Gasteiger partial charge in [-0.15, -0.1) is 0 Å². The number of hydrogen-bond acceptors (Lipinski definition) is 6.